The third-order valence-electron chi connectivity index (χ3n) is 4.92. The summed E-state index contributed by atoms with van der Waals surface area (Å²) in [6.45, 7) is 4.73. The number of esters is 1. The van der Waals surface area contributed by atoms with Gasteiger partial charge in [-0.2, -0.15) is 0 Å². The van der Waals surface area contributed by atoms with Gasteiger partial charge in [0, 0.05) is 30.5 Å². The fourth-order valence-corrected chi connectivity index (χ4v) is 4.03. The molecule has 1 unspecified atom stereocenters. The van der Waals surface area contributed by atoms with Crippen molar-refractivity contribution in [2.75, 3.05) is 19.7 Å². The van der Waals surface area contributed by atoms with E-state index in [1.165, 1.54) is 0 Å². The van der Waals surface area contributed by atoms with Crippen LogP contribution in [-0.2, 0) is 22.5 Å². The standard InChI is InChI=1S/C21H25ClN2O2/c1-2-26-20(25)21(13-17-6-3-8-19(22)12-17)9-5-11-24(16-21)15-18-7-4-10-23-14-18/h3-4,6-8,10,12,14H,2,5,9,11,13,15-16H2,1H3. The van der Waals surface area contributed by atoms with Crippen LogP contribution in [0.5, 0.6) is 0 Å². The molecule has 1 aliphatic heterocycles. The molecular weight excluding hydrogens is 348 g/mol. The van der Waals surface area contributed by atoms with Crippen LogP contribution in [0.4, 0.5) is 0 Å². The van der Waals surface area contributed by atoms with E-state index in [-0.39, 0.29) is 5.97 Å². The summed E-state index contributed by atoms with van der Waals surface area (Å²) in [5.74, 6) is -0.101. The zero-order valence-corrected chi connectivity index (χ0v) is 15.9. The highest BCUT2D eigenvalue weighted by Crippen LogP contribution is 2.36. The Balaban J connectivity index is 1.81. The molecule has 0 amide bonds. The van der Waals surface area contributed by atoms with E-state index in [0.29, 0.717) is 24.6 Å². The van der Waals surface area contributed by atoms with Crippen molar-refractivity contribution in [3.8, 4) is 0 Å². The van der Waals surface area contributed by atoms with Crippen LogP contribution in [0, 0.1) is 5.41 Å². The van der Waals surface area contributed by atoms with Gasteiger partial charge >= 0.3 is 5.97 Å². The lowest BCUT2D eigenvalue weighted by atomic mass is 9.75. The molecule has 3 rings (SSSR count). The second-order valence-corrected chi connectivity index (χ2v) is 7.42. The summed E-state index contributed by atoms with van der Waals surface area (Å²) in [5.41, 5.74) is 1.71. The monoisotopic (exact) mass is 372 g/mol. The van der Waals surface area contributed by atoms with Crippen LogP contribution in [0.25, 0.3) is 0 Å². The Morgan fingerprint density at radius 3 is 2.88 bits per heavy atom. The molecule has 1 atom stereocenters. The van der Waals surface area contributed by atoms with Crippen molar-refractivity contribution in [1.29, 1.82) is 0 Å². The predicted molar refractivity (Wildman–Crippen MR) is 103 cm³/mol. The summed E-state index contributed by atoms with van der Waals surface area (Å²) in [6, 6.07) is 11.8. The molecule has 0 N–H and O–H groups in total. The van der Waals surface area contributed by atoms with E-state index in [9.17, 15) is 4.79 Å². The molecule has 2 aromatic rings. The molecule has 1 saturated heterocycles. The van der Waals surface area contributed by atoms with Gasteiger partial charge in [0.15, 0.2) is 0 Å². The number of carbonyl (C=O) groups excluding carboxylic acids is 1. The topological polar surface area (TPSA) is 42.4 Å². The number of hydrogen-bond acceptors (Lipinski definition) is 4. The molecule has 0 bridgehead atoms. The molecule has 4 nitrogen and oxygen atoms in total. The molecular formula is C21H25ClN2O2. The first-order valence-corrected chi connectivity index (χ1v) is 9.52. The van der Waals surface area contributed by atoms with Gasteiger partial charge in [-0.15, -0.1) is 0 Å². The molecule has 0 aliphatic carbocycles. The maximum absolute atomic E-state index is 12.9. The van der Waals surface area contributed by atoms with Crippen molar-refractivity contribution in [3.63, 3.8) is 0 Å². The Hall–Kier alpha value is -1.91. The van der Waals surface area contributed by atoms with Gasteiger partial charge in [-0.05, 0) is 62.1 Å². The number of benzene rings is 1. The first-order valence-electron chi connectivity index (χ1n) is 9.14. The third kappa shape index (κ3) is 4.63. The van der Waals surface area contributed by atoms with Crippen LogP contribution >= 0.6 is 11.6 Å². The molecule has 5 heteroatoms. The predicted octanol–water partition coefficient (Wildman–Crippen LogP) is 4.12. The fraction of sp³-hybridized carbons (Fsp3) is 0.429. The maximum Gasteiger partial charge on any atom is 0.313 e. The van der Waals surface area contributed by atoms with Crippen LogP contribution in [0.15, 0.2) is 48.8 Å². The molecule has 1 fully saturated rings. The van der Waals surface area contributed by atoms with Crippen LogP contribution in [-0.4, -0.2) is 35.5 Å². The first kappa shape index (κ1) is 18.9. The average Bonchev–Trinajstić information content (AvgIpc) is 2.63. The SMILES string of the molecule is CCOC(=O)C1(Cc2cccc(Cl)c2)CCCN(Cc2cccnc2)C1. The number of nitrogens with zero attached hydrogens (tertiary/aromatic N) is 2. The Morgan fingerprint density at radius 1 is 1.31 bits per heavy atom. The molecule has 0 spiro atoms. The molecule has 2 heterocycles. The Morgan fingerprint density at radius 2 is 2.15 bits per heavy atom. The average molecular weight is 373 g/mol. The number of aromatic nitrogens is 1. The van der Waals surface area contributed by atoms with Gasteiger partial charge in [0.05, 0.1) is 12.0 Å². The fourth-order valence-electron chi connectivity index (χ4n) is 3.82. The lowest BCUT2D eigenvalue weighted by molar-refractivity contribution is -0.159. The zero-order chi connectivity index (χ0) is 18.4. The van der Waals surface area contributed by atoms with Crippen molar-refractivity contribution in [1.82, 2.24) is 9.88 Å². The Kier molecular flexibility index (Phi) is 6.28. The van der Waals surface area contributed by atoms with Crippen molar-refractivity contribution in [2.45, 2.75) is 32.7 Å². The van der Waals surface area contributed by atoms with Crippen LogP contribution in [0.2, 0.25) is 5.02 Å². The molecule has 1 aliphatic rings. The van der Waals surface area contributed by atoms with Gasteiger partial charge in [0.2, 0.25) is 0 Å². The molecule has 138 valence electrons. The zero-order valence-electron chi connectivity index (χ0n) is 15.2. The summed E-state index contributed by atoms with van der Waals surface area (Å²) >= 11 is 6.15. The van der Waals surface area contributed by atoms with Crippen molar-refractivity contribution < 1.29 is 9.53 Å². The first-order chi connectivity index (χ1) is 12.6. The summed E-state index contributed by atoms with van der Waals surface area (Å²) in [4.78, 5) is 19.4. The smallest absolute Gasteiger partial charge is 0.313 e. The number of carbonyl (C=O) groups is 1. The van der Waals surface area contributed by atoms with Gasteiger partial charge in [0.25, 0.3) is 0 Å². The lowest BCUT2D eigenvalue weighted by Crippen LogP contribution is -2.49. The largest absolute Gasteiger partial charge is 0.466 e. The minimum absolute atomic E-state index is 0.101. The number of halogens is 1. The number of hydrogen-bond donors (Lipinski definition) is 0. The van der Waals surface area contributed by atoms with Gasteiger partial charge < -0.3 is 4.74 Å². The van der Waals surface area contributed by atoms with E-state index in [0.717, 1.165) is 37.1 Å². The minimum Gasteiger partial charge on any atom is -0.466 e. The number of likely N-dealkylation sites (tertiary alicyclic amines) is 1. The Labute approximate surface area is 160 Å². The maximum atomic E-state index is 12.9. The van der Waals surface area contributed by atoms with Crippen molar-refractivity contribution >= 4 is 17.6 Å². The number of rotatable bonds is 6. The van der Waals surface area contributed by atoms with E-state index >= 15 is 0 Å². The summed E-state index contributed by atoms with van der Waals surface area (Å²) < 4.78 is 5.47. The van der Waals surface area contributed by atoms with Gasteiger partial charge in [-0.1, -0.05) is 29.8 Å². The van der Waals surface area contributed by atoms with Crippen LogP contribution in [0.3, 0.4) is 0 Å². The summed E-state index contributed by atoms with van der Waals surface area (Å²) in [7, 11) is 0. The van der Waals surface area contributed by atoms with E-state index in [2.05, 4.69) is 16.0 Å². The highest BCUT2D eigenvalue weighted by Gasteiger charge is 2.43. The number of pyridine rings is 1. The summed E-state index contributed by atoms with van der Waals surface area (Å²) in [5, 5.41) is 0.699. The molecule has 26 heavy (non-hydrogen) atoms. The Bertz CT molecular complexity index is 738. The number of ether oxygens (including phenoxy) is 1. The molecule has 1 aromatic carbocycles. The highest BCUT2D eigenvalue weighted by molar-refractivity contribution is 6.30. The van der Waals surface area contributed by atoms with E-state index in [1.54, 1.807) is 6.20 Å². The lowest BCUT2D eigenvalue weighted by Gasteiger charge is -2.41. The summed E-state index contributed by atoms with van der Waals surface area (Å²) in [6.07, 6.45) is 6.12. The van der Waals surface area contributed by atoms with Crippen LogP contribution in [0.1, 0.15) is 30.9 Å². The normalized spacial score (nSPS) is 20.7. The van der Waals surface area contributed by atoms with E-state index < -0.39 is 5.41 Å². The minimum atomic E-state index is -0.527. The van der Waals surface area contributed by atoms with Crippen molar-refractivity contribution in [2.24, 2.45) is 5.41 Å². The van der Waals surface area contributed by atoms with Gasteiger partial charge in [-0.3, -0.25) is 14.7 Å². The van der Waals surface area contributed by atoms with Gasteiger partial charge in [-0.25, -0.2) is 0 Å². The quantitative estimate of drug-likeness (QED) is 0.715. The number of piperidine rings is 1. The molecule has 0 radical (unpaired) electrons. The molecule has 1 aromatic heterocycles. The second-order valence-electron chi connectivity index (χ2n) is 6.98. The molecule has 0 saturated carbocycles. The van der Waals surface area contributed by atoms with Crippen LogP contribution < -0.4 is 0 Å². The third-order valence-corrected chi connectivity index (χ3v) is 5.16. The second kappa shape index (κ2) is 8.65. The van der Waals surface area contributed by atoms with E-state index in [4.69, 9.17) is 16.3 Å². The van der Waals surface area contributed by atoms with Gasteiger partial charge in [0.1, 0.15) is 0 Å². The highest BCUT2D eigenvalue weighted by atomic mass is 35.5. The van der Waals surface area contributed by atoms with Crippen molar-refractivity contribution in [3.05, 3.63) is 64.9 Å². The van der Waals surface area contributed by atoms with E-state index in [1.807, 2.05) is 43.5 Å².